The van der Waals surface area contributed by atoms with Crippen molar-refractivity contribution in [3.63, 3.8) is 0 Å². The molecule has 14 heavy (non-hydrogen) atoms. The summed E-state index contributed by atoms with van der Waals surface area (Å²) in [6.07, 6.45) is 0. The van der Waals surface area contributed by atoms with Crippen molar-refractivity contribution in [3.05, 3.63) is 34.7 Å². The first-order valence-electron chi connectivity index (χ1n) is 4.97. The van der Waals surface area contributed by atoms with Gasteiger partial charge >= 0.3 is 0 Å². The lowest BCUT2D eigenvalue weighted by atomic mass is 9.84. The van der Waals surface area contributed by atoms with Crippen LogP contribution in [0.3, 0.4) is 0 Å². The number of benzene rings is 1. The SMILES string of the molecule is Cc1cc2ccsc2cc1C(C)(C)C. The second kappa shape index (κ2) is 3.09. The predicted molar refractivity (Wildman–Crippen MR) is 65.3 cm³/mol. The van der Waals surface area contributed by atoms with Crippen molar-refractivity contribution < 1.29 is 0 Å². The molecule has 1 aromatic carbocycles. The predicted octanol–water partition coefficient (Wildman–Crippen LogP) is 4.51. The molecule has 1 heteroatoms. The van der Waals surface area contributed by atoms with Crippen LogP contribution in [0.15, 0.2) is 23.6 Å². The van der Waals surface area contributed by atoms with Crippen LogP contribution in [-0.2, 0) is 5.41 Å². The van der Waals surface area contributed by atoms with Gasteiger partial charge in [0.1, 0.15) is 0 Å². The van der Waals surface area contributed by atoms with Gasteiger partial charge in [0.2, 0.25) is 0 Å². The second-order valence-corrected chi connectivity index (χ2v) is 5.82. The van der Waals surface area contributed by atoms with Crippen LogP contribution in [0.1, 0.15) is 31.9 Å². The molecule has 0 amide bonds. The van der Waals surface area contributed by atoms with Crippen LogP contribution in [0.2, 0.25) is 0 Å². The Morgan fingerprint density at radius 2 is 1.86 bits per heavy atom. The zero-order valence-electron chi connectivity index (χ0n) is 9.22. The summed E-state index contributed by atoms with van der Waals surface area (Å²) < 4.78 is 1.40. The molecule has 0 aliphatic rings. The highest BCUT2D eigenvalue weighted by atomic mass is 32.1. The van der Waals surface area contributed by atoms with Crippen LogP contribution >= 0.6 is 11.3 Å². The van der Waals surface area contributed by atoms with Crippen LogP contribution in [0, 0.1) is 6.92 Å². The highest BCUT2D eigenvalue weighted by molar-refractivity contribution is 7.17. The fourth-order valence-electron chi connectivity index (χ4n) is 1.93. The molecule has 2 aromatic rings. The third-order valence-corrected chi connectivity index (χ3v) is 3.49. The van der Waals surface area contributed by atoms with E-state index < -0.39 is 0 Å². The molecule has 0 nitrogen and oxygen atoms in total. The Morgan fingerprint density at radius 1 is 1.14 bits per heavy atom. The van der Waals surface area contributed by atoms with Gasteiger partial charge in [0.15, 0.2) is 0 Å². The summed E-state index contributed by atoms with van der Waals surface area (Å²) in [7, 11) is 0. The van der Waals surface area contributed by atoms with Crippen LogP contribution in [0.4, 0.5) is 0 Å². The fourth-order valence-corrected chi connectivity index (χ4v) is 2.74. The summed E-state index contributed by atoms with van der Waals surface area (Å²) in [6.45, 7) is 9.02. The molecular formula is C13H16S. The van der Waals surface area contributed by atoms with Gasteiger partial charge in [0, 0.05) is 4.70 Å². The third-order valence-electron chi connectivity index (χ3n) is 2.61. The number of aryl methyl sites for hydroxylation is 1. The Morgan fingerprint density at radius 3 is 2.50 bits per heavy atom. The van der Waals surface area contributed by atoms with E-state index in [1.807, 2.05) is 11.3 Å². The summed E-state index contributed by atoms with van der Waals surface area (Å²) in [5, 5.41) is 3.54. The van der Waals surface area contributed by atoms with Gasteiger partial charge in [0.25, 0.3) is 0 Å². The normalized spacial score (nSPS) is 12.3. The van der Waals surface area contributed by atoms with Gasteiger partial charge in [-0.2, -0.15) is 0 Å². The molecule has 0 saturated carbocycles. The van der Waals surface area contributed by atoms with Gasteiger partial charge < -0.3 is 0 Å². The maximum Gasteiger partial charge on any atom is 0.0345 e. The lowest BCUT2D eigenvalue weighted by Gasteiger charge is -2.21. The van der Waals surface area contributed by atoms with Crippen molar-refractivity contribution in [2.45, 2.75) is 33.1 Å². The standard InChI is InChI=1S/C13H16S/c1-9-7-10-5-6-14-12(10)8-11(9)13(2,3)4/h5-8H,1-4H3. The van der Waals surface area contributed by atoms with E-state index >= 15 is 0 Å². The van der Waals surface area contributed by atoms with E-state index in [2.05, 4.69) is 51.3 Å². The first-order valence-corrected chi connectivity index (χ1v) is 5.85. The van der Waals surface area contributed by atoms with Crippen molar-refractivity contribution in [3.8, 4) is 0 Å². The average Bonchev–Trinajstić information content (AvgIpc) is 2.47. The molecule has 0 fully saturated rings. The lowest BCUT2D eigenvalue weighted by molar-refractivity contribution is 0.587. The van der Waals surface area contributed by atoms with E-state index in [0.29, 0.717) is 0 Å². The van der Waals surface area contributed by atoms with Crippen molar-refractivity contribution in [2.75, 3.05) is 0 Å². The molecule has 74 valence electrons. The van der Waals surface area contributed by atoms with Crippen molar-refractivity contribution in [1.29, 1.82) is 0 Å². The fraction of sp³-hybridized carbons (Fsp3) is 0.385. The van der Waals surface area contributed by atoms with Crippen molar-refractivity contribution >= 4 is 21.4 Å². The zero-order chi connectivity index (χ0) is 10.3. The second-order valence-electron chi connectivity index (χ2n) is 4.88. The van der Waals surface area contributed by atoms with E-state index in [4.69, 9.17) is 0 Å². The molecule has 0 aliphatic carbocycles. The number of hydrogen-bond acceptors (Lipinski definition) is 1. The number of rotatable bonds is 0. The highest BCUT2D eigenvalue weighted by Gasteiger charge is 2.16. The Balaban J connectivity index is 2.71. The molecule has 1 heterocycles. The summed E-state index contributed by atoms with van der Waals surface area (Å²) in [5.74, 6) is 0. The molecular weight excluding hydrogens is 188 g/mol. The van der Waals surface area contributed by atoms with Crippen molar-refractivity contribution in [2.24, 2.45) is 0 Å². The molecule has 0 atom stereocenters. The zero-order valence-corrected chi connectivity index (χ0v) is 10.0. The third kappa shape index (κ3) is 1.57. The first-order chi connectivity index (χ1) is 6.48. The first kappa shape index (κ1) is 9.72. The summed E-state index contributed by atoms with van der Waals surface area (Å²) in [4.78, 5) is 0. The van der Waals surface area contributed by atoms with E-state index in [-0.39, 0.29) is 5.41 Å². The van der Waals surface area contributed by atoms with Crippen LogP contribution in [0.5, 0.6) is 0 Å². The number of thiophene rings is 1. The molecule has 0 saturated heterocycles. The monoisotopic (exact) mass is 204 g/mol. The minimum atomic E-state index is 0.252. The quantitative estimate of drug-likeness (QED) is 0.592. The Kier molecular flexibility index (Phi) is 2.15. The van der Waals surface area contributed by atoms with Gasteiger partial charge in [-0.15, -0.1) is 11.3 Å². The maximum absolute atomic E-state index is 2.34. The van der Waals surface area contributed by atoms with Gasteiger partial charge in [-0.1, -0.05) is 26.8 Å². The molecule has 0 unspecified atom stereocenters. The lowest BCUT2D eigenvalue weighted by Crippen LogP contribution is -2.12. The summed E-state index contributed by atoms with van der Waals surface area (Å²) >= 11 is 1.83. The summed E-state index contributed by atoms with van der Waals surface area (Å²) in [5.41, 5.74) is 3.12. The Hall–Kier alpha value is -0.820. The smallest absolute Gasteiger partial charge is 0.0345 e. The van der Waals surface area contributed by atoms with E-state index in [1.54, 1.807) is 0 Å². The van der Waals surface area contributed by atoms with Gasteiger partial charge in [-0.05, 0) is 46.4 Å². The minimum absolute atomic E-state index is 0.252. The topological polar surface area (TPSA) is 0 Å². The molecule has 0 radical (unpaired) electrons. The van der Waals surface area contributed by atoms with Crippen LogP contribution in [0.25, 0.3) is 10.1 Å². The Bertz CT molecular complexity index is 458. The molecule has 1 aromatic heterocycles. The number of fused-ring (bicyclic) bond motifs is 1. The van der Waals surface area contributed by atoms with E-state index in [9.17, 15) is 0 Å². The maximum atomic E-state index is 2.34. The van der Waals surface area contributed by atoms with Gasteiger partial charge in [-0.3, -0.25) is 0 Å². The van der Waals surface area contributed by atoms with Crippen LogP contribution in [-0.4, -0.2) is 0 Å². The molecule has 2 rings (SSSR count). The average molecular weight is 204 g/mol. The Labute approximate surface area is 89.6 Å². The number of hydrogen-bond donors (Lipinski definition) is 0. The largest absolute Gasteiger partial charge is 0.144 e. The van der Waals surface area contributed by atoms with Crippen LogP contribution < -0.4 is 0 Å². The van der Waals surface area contributed by atoms with Gasteiger partial charge in [-0.25, -0.2) is 0 Å². The minimum Gasteiger partial charge on any atom is -0.144 e. The molecule has 0 spiro atoms. The molecule has 0 N–H and O–H groups in total. The van der Waals surface area contributed by atoms with Crippen molar-refractivity contribution in [1.82, 2.24) is 0 Å². The highest BCUT2D eigenvalue weighted by Crippen LogP contribution is 2.31. The van der Waals surface area contributed by atoms with E-state index in [1.165, 1.54) is 21.2 Å². The molecule has 0 aliphatic heterocycles. The van der Waals surface area contributed by atoms with E-state index in [0.717, 1.165) is 0 Å². The summed E-state index contributed by atoms with van der Waals surface area (Å²) in [6, 6.07) is 6.83. The molecule has 0 bridgehead atoms. The van der Waals surface area contributed by atoms with Gasteiger partial charge in [0.05, 0.1) is 0 Å².